The minimum absolute atomic E-state index is 0.169. The van der Waals surface area contributed by atoms with Gasteiger partial charge >= 0.3 is 5.97 Å². The molecule has 0 spiro atoms. The van der Waals surface area contributed by atoms with Gasteiger partial charge in [-0.3, -0.25) is 0 Å². The van der Waals surface area contributed by atoms with Gasteiger partial charge in [0.05, 0.1) is 32.9 Å². The highest BCUT2D eigenvalue weighted by molar-refractivity contribution is 14.1. The smallest absolute Gasteiger partial charge is 0.337 e. The van der Waals surface area contributed by atoms with E-state index in [0.717, 1.165) is 26.8 Å². The molecule has 0 saturated carbocycles. The molecule has 0 aromatic heterocycles. The number of nitrogens with one attached hydrogen (secondary N) is 1. The summed E-state index contributed by atoms with van der Waals surface area (Å²) in [6.45, 7) is 1.06. The number of ether oxygens (including phenoxy) is 4. The molecular weight excluding hydrogens is 591 g/mol. The number of halogens is 1. The van der Waals surface area contributed by atoms with Gasteiger partial charge in [0.2, 0.25) is 0 Å². The molecule has 3 aromatic rings. The average molecular weight is 618 g/mol. The lowest BCUT2D eigenvalue weighted by atomic mass is 9.92. The molecule has 1 N–H and O–H groups in total. The molecular formula is C27H27IN2O5S. The number of hydrogen-bond acceptors (Lipinski definition) is 6. The molecule has 1 atom stereocenters. The van der Waals surface area contributed by atoms with Gasteiger partial charge in [-0.15, -0.1) is 0 Å². The van der Waals surface area contributed by atoms with Gasteiger partial charge < -0.3 is 29.2 Å². The summed E-state index contributed by atoms with van der Waals surface area (Å²) in [5, 5.41) is 3.98. The van der Waals surface area contributed by atoms with Crippen LogP contribution >= 0.6 is 34.8 Å². The Morgan fingerprint density at radius 3 is 2.33 bits per heavy atom. The fourth-order valence-corrected chi connectivity index (χ4v) is 4.86. The number of esters is 1. The number of anilines is 1. The quantitative estimate of drug-likeness (QED) is 0.213. The second-order valence-electron chi connectivity index (χ2n) is 8.13. The van der Waals surface area contributed by atoms with Gasteiger partial charge in [-0.05, 0) is 113 Å². The number of rotatable bonds is 7. The Balaban J connectivity index is 1.61. The third kappa shape index (κ3) is 5.84. The highest BCUT2D eigenvalue weighted by atomic mass is 127. The van der Waals surface area contributed by atoms with E-state index in [0.29, 0.717) is 41.1 Å². The zero-order valence-corrected chi connectivity index (χ0v) is 23.2. The van der Waals surface area contributed by atoms with Crippen molar-refractivity contribution in [3.63, 3.8) is 0 Å². The van der Waals surface area contributed by atoms with Gasteiger partial charge in [-0.2, -0.15) is 0 Å². The molecule has 0 radical (unpaired) electrons. The Morgan fingerprint density at radius 1 is 1.03 bits per heavy atom. The van der Waals surface area contributed by atoms with Crippen LogP contribution in [0.4, 0.5) is 5.69 Å². The van der Waals surface area contributed by atoms with Crippen LogP contribution in [0.5, 0.6) is 17.2 Å². The molecule has 1 aliphatic heterocycles. The summed E-state index contributed by atoms with van der Waals surface area (Å²) in [5.41, 5.74) is 3.62. The van der Waals surface area contributed by atoms with E-state index in [1.165, 1.54) is 7.11 Å². The average Bonchev–Trinajstić information content (AvgIpc) is 2.91. The summed E-state index contributed by atoms with van der Waals surface area (Å²) in [5.74, 6) is 1.61. The highest BCUT2D eigenvalue weighted by Gasteiger charge is 2.31. The van der Waals surface area contributed by atoms with Crippen LogP contribution in [0.2, 0.25) is 0 Å². The molecule has 7 nitrogen and oxygen atoms in total. The second kappa shape index (κ2) is 11.8. The zero-order chi connectivity index (χ0) is 25.7. The summed E-state index contributed by atoms with van der Waals surface area (Å²) >= 11 is 8.12. The van der Waals surface area contributed by atoms with E-state index >= 15 is 0 Å². The molecule has 36 heavy (non-hydrogen) atoms. The Labute approximate surface area is 229 Å². The van der Waals surface area contributed by atoms with Gasteiger partial charge in [0, 0.05) is 15.8 Å². The molecule has 3 aromatic carbocycles. The van der Waals surface area contributed by atoms with Gasteiger partial charge in [0.15, 0.2) is 16.6 Å². The lowest BCUT2D eigenvalue weighted by Gasteiger charge is -2.39. The number of carbonyl (C=O) groups is 1. The Morgan fingerprint density at radius 2 is 1.69 bits per heavy atom. The maximum Gasteiger partial charge on any atom is 0.337 e. The molecule has 0 fully saturated rings. The SMILES string of the molecule is COC(=O)c1ccc(OC[C@@H]2c3cc(OC)c(OC)cc3CCN2C(=S)Nc2ccc(I)cc2)cc1. The van der Waals surface area contributed by atoms with Gasteiger partial charge in [-0.25, -0.2) is 4.79 Å². The van der Waals surface area contributed by atoms with Gasteiger partial charge in [0.25, 0.3) is 0 Å². The van der Waals surface area contributed by atoms with Crippen LogP contribution in [0, 0.1) is 3.57 Å². The van der Waals surface area contributed by atoms with E-state index in [1.807, 2.05) is 36.4 Å². The van der Waals surface area contributed by atoms with Crippen LogP contribution in [0.25, 0.3) is 0 Å². The van der Waals surface area contributed by atoms with Crippen LogP contribution in [-0.4, -0.2) is 50.5 Å². The monoisotopic (exact) mass is 618 g/mol. The van der Waals surface area contributed by atoms with Crippen LogP contribution in [0.15, 0.2) is 60.7 Å². The molecule has 0 bridgehead atoms. The van der Waals surface area contributed by atoms with Crippen molar-refractivity contribution in [2.24, 2.45) is 0 Å². The van der Waals surface area contributed by atoms with E-state index in [1.54, 1.807) is 38.5 Å². The van der Waals surface area contributed by atoms with Crippen LogP contribution < -0.4 is 19.5 Å². The maximum absolute atomic E-state index is 11.8. The number of benzene rings is 3. The van der Waals surface area contributed by atoms with Crippen LogP contribution in [0.3, 0.4) is 0 Å². The van der Waals surface area contributed by atoms with Crippen molar-refractivity contribution in [2.45, 2.75) is 12.5 Å². The van der Waals surface area contributed by atoms with Crippen molar-refractivity contribution in [1.29, 1.82) is 0 Å². The molecule has 1 heterocycles. The van der Waals surface area contributed by atoms with E-state index in [2.05, 4.69) is 32.8 Å². The highest BCUT2D eigenvalue weighted by Crippen LogP contribution is 2.38. The first-order valence-corrected chi connectivity index (χ1v) is 12.8. The summed E-state index contributed by atoms with van der Waals surface area (Å²) in [6, 6.07) is 18.8. The fourth-order valence-electron chi connectivity index (χ4n) is 4.16. The predicted octanol–water partition coefficient (Wildman–Crippen LogP) is 5.47. The number of hydrogen-bond donors (Lipinski definition) is 1. The van der Waals surface area contributed by atoms with Gasteiger partial charge in [0.1, 0.15) is 12.4 Å². The standard InChI is InChI=1S/C27H27IN2O5S/c1-32-24-14-18-12-13-30(27(36)29-20-8-6-19(28)7-9-20)23(22(18)15-25(24)33-2)16-35-21-10-4-17(5-11-21)26(31)34-3/h4-11,14-15,23H,12-13,16H2,1-3H3,(H,29,36)/t23-/m1/s1. The summed E-state index contributed by atoms with van der Waals surface area (Å²) in [7, 11) is 4.62. The molecule has 0 aliphatic carbocycles. The Bertz CT molecular complexity index is 1230. The molecule has 1 aliphatic rings. The summed E-state index contributed by atoms with van der Waals surface area (Å²) < 4.78 is 23.2. The minimum atomic E-state index is -0.387. The van der Waals surface area contributed by atoms with Crippen molar-refractivity contribution < 1.29 is 23.7 Å². The predicted molar refractivity (Wildman–Crippen MR) is 151 cm³/mol. The lowest BCUT2D eigenvalue weighted by Crippen LogP contribution is -2.44. The van der Waals surface area contributed by atoms with E-state index in [9.17, 15) is 4.79 Å². The molecule has 0 unspecified atom stereocenters. The molecule has 4 rings (SSSR count). The van der Waals surface area contributed by atoms with Crippen LogP contribution in [0.1, 0.15) is 27.5 Å². The molecule has 0 saturated heterocycles. The Hall–Kier alpha value is -3.05. The number of fused-ring (bicyclic) bond motifs is 1. The number of methoxy groups -OCH3 is 3. The number of carbonyl (C=O) groups excluding carboxylic acids is 1. The maximum atomic E-state index is 11.8. The molecule has 188 valence electrons. The third-order valence-electron chi connectivity index (χ3n) is 6.04. The summed E-state index contributed by atoms with van der Waals surface area (Å²) in [6.07, 6.45) is 0.800. The van der Waals surface area contributed by atoms with Crippen molar-refractivity contribution in [2.75, 3.05) is 39.8 Å². The number of thiocarbonyl (C=S) groups is 1. The first kappa shape index (κ1) is 26.0. The van der Waals surface area contributed by atoms with Crippen molar-refractivity contribution in [3.8, 4) is 17.2 Å². The molecule has 0 amide bonds. The first-order chi connectivity index (χ1) is 17.4. The van der Waals surface area contributed by atoms with Crippen molar-refractivity contribution in [3.05, 3.63) is 80.9 Å². The summed E-state index contributed by atoms with van der Waals surface area (Å²) in [4.78, 5) is 13.9. The largest absolute Gasteiger partial charge is 0.493 e. The van der Waals surface area contributed by atoms with E-state index in [4.69, 9.17) is 31.2 Å². The topological polar surface area (TPSA) is 69.3 Å². The minimum Gasteiger partial charge on any atom is -0.493 e. The number of nitrogens with zero attached hydrogens (tertiary/aromatic N) is 1. The van der Waals surface area contributed by atoms with Crippen LogP contribution in [-0.2, 0) is 11.2 Å². The first-order valence-electron chi connectivity index (χ1n) is 11.3. The molecule has 9 heteroatoms. The van der Waals surface area contributed by atoms with Crippen molar-refractivity contribution >= 4 is 51.6 Å². The van der Waals surface area contributed by atoms with E-state index < -0.39 is 0 Å². The normalized spacial score (nSPS) is 14.4. The Kier molecular flexibility index (Phi) is 8.52. The fraction of sp³-hybridized carbons (Fsp3) is 0.259. The third-order valence-corrected chi connectivity index (χ3v) is 7.10. The van der Waals surface area contributed by atoms with E-state index in [-0.39, 0.29) is 12.0 Å². The second-order valence-corrected chi connectivity index (χ2v) is 9.76. The zero-order valence-electron chi connectivity index (χ0n) is 20.2. The lowest BCUT2D eigenvalue weighted by molar-refractivity contribution is 0.0600. The van der Waals surface area contributed by atoms with Crippen molar-refractivity contribution in [1.82, 2.24) is 4.90 Å². The van der Waals surface area contributed by atoms with Gasteiger partial charge in [-0.1, -0.05) is 0 Å².